The number of fused-ring (bicyclic) bond motifs is 1. The second kappa shape index (κ2) is 5.12. The Balaban J connectivity index is 1.83. The van der Waals surface area contributed by atoms with Crippen molar-refractivity contribution in [1.82, 2.24) is 25.3 Å². The van der Waals surface area contributed by atoms with E-state index in [2.05, 4.69) is 71.0 Å². The lowest BCUT2D eigenvalue weighted by Gasteiger charge is -2.33. The van der Waals surface area contributed by atoms with E-state index >= 15 is 0 Å². The van der Waals surface area contributed by atoms with E-state index in [9.17, 15) is 0 Å². The number of anilines is 1. The molecule has 6 heteroatoms. The number of aromatic nitrogens is 5. The van der Waals surface area contributed by atoms with E-state index in [0.717, 1.165) is 5.82 Å². The van der Waals surface area contributed by atoms with Gasteiger partial charge in [-0.05, 0) is 35.0 Å². The summed E-state index contributed by atoms with van der Waals surface area (Å²) >= 11 is 0. The first-order valence-corrected chi connectivity index (χ1v) is 6.95. The van der Waals surface area contributed by atoms with Crippen LogP contribution in [0.5, 0.6) is 0 Å². The van der Waals surface area contributed by atoms with Crippen LogP contribution in [0.1, 0.15) is 26.3 Å². The molecule has 1 unspecified atom stereocenters. The maximum atomic E-state index is 4.35. The van der Waals surface area contributed by atoms with Crippen LogP contribution in [0.3, 0.4) is 0 Å². The standard InChI is InChI=1S/C15H18N6/c1-11(15(2,3)12-7-5-4-6-8-12)16-13-9-10-14-17-19-20-21(14)18-13/h4-11H,1-3H3,(H,16,18). The highest BCUT2D eigenvalue weighted by Gasteiger charge is 2.28. The Morgan fingerprint density at radius 3 is 2.62 bits per heavy atom. The predicted octanol–water partition coefficient (Wildman–Crippen LogP) is 2.30. The molecule has 0 radical (unpaired) electrons. The summed E-state index contributed by atoms with van der Waals surface area (Å²) in [7, 11) is 0. The number of nitrogens with one attached hydrogen (secondary N) is 1. The maximum Gasteiger partial charge on any atom is 0.200 e. The van der Waals surface area contributed by atoms with Crippen molar-refractivity contribution in [2.24, 2.45) is 0 Å². The van der Waals surface area contributed by atoms with Gasteiger partial charge in [-0.1, -0.05) is 44.2 Å². The third kappa shape index (κ3) is 2.56. The Morgan fingerprint density at radius 1 is 1.10 bits per heavy atom. The average molecular weight is 282 g/mol. The van der Waals surface area contributed by atoms with Crippen molar-refractivity contribution in [2.45, 2.75) is 32.2 Å². The van der Waals surface area contributed by atoms with Crippen molar-refractivity contribution in [3.63, 3.8) is 0 Å². The van der Waals surface area contributed by atoms with Crippen LogP contribution >= 0.6 is 0 Å². The van der Waals surface area contributed by atoms with Crippen molar-refractivity contribution < 1.29 is 0 Å². The van der Waals surface area contributed by atoms with Crippen LogP contribution in [0.25, 0.3) is 5.65 Å². The van der Waals surface area contributed by atoms with E-state index in [0.29, 0.717) is 5.65 Å². The zero-order chi connectivity index (χ0) is 14.9. The number of benzene rings is 1. The molecule has 108 valence electrons. The first-order chi connectivity index (χ1) is 10.1. The molecule has 0 saturated heterocycles. The smallest absolute Gasteiger partial charge is 0.200 e. The first-order valence-electron chi connectivity index (χ1n) is 6.95. The molecule has 0 aliphatic carbocycles. The summed E-state index contributed by atoms with van der Waals surface area (Å²) in [6.07, 6.45) is 0. The number of hydrogen-bond acceptors (Lipinski definition) is 5. The van der Waals surface area contributed by atoms with Gasteiger partial charge < -0.3 is 5.32 Å². The van der Waals surface area contributed by atoms with Gasteiger partial charge in [-0.3, -0.25) is 0 Å². The van der Waals surface area contributed by atoms with E-state index in [1.165, 1.54) is 10.2 Å². The molecule has 1 N–H and O–H groups in total. The summed E-state index contributed by atoms with van der Waals surface area (Å²) in [6, 6.07) is 14.4. The predicted molar refractivity (Wildman–Crippen MR) is 81.1 cm³/mol. The van der Waals surface area contributed by atoms with Crippen LogP contribution in [0.4, 0.5) is 5.82 Å². The number of hydrogen-bond donors (Lipinski definition) is 1. The van der Waals surface area contributed by atoms with Gasteiger partial charge in [-0.15, -0.1) is 14.8 Å². The average Bonchev–Trinajstić information content (AvgIpc) is 2.95. The van der Waals surface area contributed by atoms with Gasteiger partial charge in [0.25, 0.3) is 0 Å². The van der Waals surface area contributed by atoms with E-state index in [-0.39, 0.29) is 11.5 Å². The molecular formula is C15H18N6. The molecule has 0 amide bonds. The van der Waals surface area contributed by atoms with Gasteiger partial charge >= 0.3 is 0 Å². The molecule has 1 atom stereocenters. The fraction of sp³-hybridized carbons (Fsp3) is 0.333. The minimum Gasteiger partial charge on any atom is -0.365 e. The quantitative estimate of drug-likeness (QED) is 0.795. The molecule has 1 aromatic carbocycles. The Kier molecular flexibility index (Phi) is 3.29. The van der Waals surface area contributed by atoms with E-state index in [1.54, 1.807) is 0 Å². The summed E-state index contributed by atoms with van der Waals surface area (Å²) < 4.78 is 1.42. The molecule has 0 aliphatic rings. The lowest BCUT2D eigenvalue weighted by atomic mass is 9.78. The number of rotatable bonds is 4. The van der Waals surface area contributed by atoms with Gasteiger partial charge in [0, 0.05) is 11.5 Å². The summed E-state index contributed by atoms with van der Waals surface area (Å²) in [5.74, 6) is 0.756. The van der Waals surface area contributed by atoms with Crippen LogP contribution in [-0.2, 0) is 5.41 Å². The largest absolute Gasteiger partial charge is 0.365 e. The van der Waals surface area contributed by atoms with Gasteiger partial charge in [-0.25, -0.2) is 0 Å². The Labute approximate surface area is 123 Å². The lowest BCUT2D eigenvalue weighted by molar-refractivity contribution is 0.456. The highest BCUT2D eigenvalue weighted by atomic mass is 15.6. The van der Waals surface area contributed by atoms with Crippen molar-refractivity contribution in [3.8, 4) is 0 Å². The lowest BCUT2D eigenvalue weighted by Crippen LogP contribution is -2.37. The van der Waals surface area contributed by atoms with E-state index in [1.807, 2.05) is 18.2 Å². The topological polar surface area (TPSA) is 68.0 Å². The molecule has 6 nitrogen and oxygen atoms in total. The fourth-order valence-corrected chi connectivity index (χ4v) is 2.25. The summed E-state index contributed by atoms with van der Waals surface area (Å²) in [6.45, 7) is 6.59. The molecule has 0 spiro atoms. The minimum atomic E-state index is -0.0293. The normalized spacial score (nSPS) is 13.3. The second-order valence-corrected chi connectivity index (χ2v) is 5.70. The van der Waals surface area contributed by atoms with Crippen molar-refractivity contribution in [2.75, 3.05) is 5.32 Å². The molecule has 0 bridgehead atoms. The van der Waals surface area contributed by atoms with E-state index < -0.39 is 0 Å². The molecule has 2 heterocycles. The van der Waals surface area contributed by atoms with Gasteiger partial charge in [0.05, 0.1) is 0 Å². The van der Waals surface area contributed by atoms with Gasteiger partial charge in [0.1, 0.15) is 5.82 Å². The maximum absolute atomic E-state index is 4.35. The minimum absolute atomic E-state index is 0.0293. The Bertz CT molecular complexity index is 734. The van der Waals surface area contributed by atoms with Crippen LogP contribution in [0, 0.1) is 0 Å². The molecule has 0 fully saturated rings. The third-order valence-corrected chi connectivity index (χ3v) is 4.03. The molecule has 2 aromatic heterocycles. The summed E-state index contributed by atoms with van der Waals surface area (Å²) in [5.41, 5.74) is 1.89. The highest BCUT2D eigenvalue weighted by Crippen LogP contribution is 2.28. The highest BCUT2D eigenvalue weighted by molar-refractivity contribution is 5.43. The second-order valence-electron chi connectivity index (χ2n) is 5.70. The molecular weight excluding hydrogens is 264 g/mol. The van der Waals surface area contributed by atoms with Crippen LogP contribution in [0.2, 0.25) is 0 Å². The molecule has 3 aromatic rings. The van der Waals surface area contributed by atoms with Crippen LogP contribution in [-0.4, -0.2) is 31.3 Å². The Hall–Kier alpha value is -2.50. The fourth-order valence-electron chi connectivity index (χ4n) is 2.25. The zero-order valence-corrected chi connectivity index (χ0v) is 12.4. The third-order valence-electron chi connectivity index (χ3n) is 4.03. The van der Waals surface area contributed by atoms with E-state index in [4.69, 9.17) is 0 Å². The van der Waals surface area contributed by atoms with Crippen LogP contribution < -0.4 is 5.32 Å². The molecule has 0 aliphatic heterocycles. The summed E-state index contributed by atoms with van der Waals surface area (Å²) in [5, 5.41) is 19.0. The van der Waals surface area contributed by atoms with Crippen LogP contribution in [0.15, 0.2) is 42.5 Å². The van der Waals surface area contributed by atoms with Gasteiger partial charge in [0.15, 0.2) is 5.65 Å². The van der Waals surface area contributed by atoms with Crippen molar-refractivity contribution >= 4 is 11.5 Å². The Morgan fingerprint density at radius 2 is 1.86 bits per heavy atom. The number of nitrogens with zero attached hydrogens (tertiary/aromatic N) is 5. The summed E-state index contributed by atoms with van der Waals surface area (Å²) in [4.78, 5) is 0. The van der Waals surface area contributed by atoms with Crippen molar-refractivity contribution in [3.05, 3.63) is 48.0 Å². The molecule has 3 rings (SSSR count). The molecule has 21 heavy (non-hydrogen) atoms. The monoisotopic (exact) mass is 282 g/mol. The SMILES string of the molecule is CC(Nc1ccc2nnnn2n1)C(C)(C)c1ccccc1. The molecule has 0 saturated carbocycles. The number of tetrazole rings is 1. The van der Waals surface area contributed by atoms with Gasteiger partial charge in [-0.2, -0.15) is 0 Å². The van der Waals surface area contributed by atoms with Gasteiger partial charge in [0.2, 0.25) is 0 Å². The first kappa shape index (κ1) is 13.5. The van der Waals surface area contributed by atoms with Crippen molar-refractivity contribution in [1.29, 1.82) is 0 Å². The zero-order valence-electron chi connectivity index (χ0n) is 12.4.